The van der Waals surface area contributed by atoms with Crippen LogP contribution < -0.4 is 11.5 Å². The molecule has 2 aromatic rings. The first-order chi connectivity index (χ1) is 9.13. The molecule has 0 radical (unpaired) electrons. The second-order valence-electron chi connectivity index (χ2n) is 4.07. The van der Waals surface area contributed by atoms with E-state index in [2.05, 4.69) is 15.0 Å². The van der Waals surface area contributed by atoms with E-state index in [1.807, 2.05) is 0 Å². The van der Waals surface area contributed by atoms with Gasteiger partial charge in [-0.3, -0.25) is 4.57 Å². The lowest BCUT2D eigenvalue weighted by Gasteiger charge is -2.14. The minimum absolute atomic E-state index is 0.0517. The Hall–Kier alpha value is -2.39. The minimum Gasteiger partial charge on any atom is -0.506 e. The van der Waals surface area contributed by atoms with Gasteiger partial charge in [-0.2, -0.15) is 0 Å². The van der Waals surface area contributed by atoms with Crippen molar-refractivity contribution in [2.45, 2.75) is 12.3 Å². The molecule has 9 nitrogen and oxygen atoms in total. The van der Waals surface area contributed by atoms with E-state index < -0.39 is 12.3 Å². The fourth-order valence-corrected chi connectivity index (χ4v) is 1.98. The lowest BCUT2D eigenvalue weighted by Crippen LogP contribution is -2.23. The summed E-state index contributed by atoms with van der Waals surface area (Å²) in [6.45, 7) is 0.0517. The maximum atomic E-state index is 9.89. The Morgan fingerprint density at radius 1 is 1.26 bits per heavy atom. The predicted octanol–water partition coefficient (Wildman–Crippen LogP) is -0.408. The first-order valence-corrected chi connectivity index (χ1v) is 5.54. The SMILES string of the molecule is NC[C@H]1O[C@@H](n2cnc3c(N)ncnc32)C(O)=C1O. The average molecular weight is 264 g/mol. The van der Waals surface area contributed by atoms with Crippen molar-refractivity contribution in [3.05, 3.63) is 24.2 Å². The number of nitrogens with zero attached hydrogens (tertiary/aromatic N) is 4. The standard InChI is InChI=1S/C10H12N6O3/c11-1-4-6(17)7(18)10(19-4)16-3-15-5-8(12)13-2-14-9(5)16/h2-4,10,17-18H,1,11H2,(H2,12,13,14)/t4-,10-/m1/s1. The number of fused-ring (bicyclic) bond motifs is 1. The van der Waals surface area contributed by atoms with Crippen LogP contribution in [0.3, 0.4) is 0 Å². The molecule has 3 heterocycles. The van der Waals surface area contributed by atoms with E-state index in [9.17, 15) is 10.2 Å². The molecule has 0 aromatic carbocycles. The second-order valence-corrected chi connectivity index (χ2v) is 4.07. The van der Waals surface area contributed by atoms with E-state index in [1.165, 1.54) is 17.2 Å². The lowest BCUT2D eigenvalue weighted by molar-refractivity contribution is -0.00623. The number of hydrogen-bond donors (Lipinski definition) is 4. The van der Waals surface area contributed by atoms with Gasteiger partial charge in [-0.05, 0) is 0 Å². The molecule has 0 fully saturated rings. The van der Waals surface area contributed by atoms with Crippen LogP contribution in [0.1, 0.15) is 6.23 Å². The summed E-state index contributed by atoms with van der Waals surface area (Å²) in [5, 5.41) is 19.6. The zero-order chi connectivity index (χ0) is 13.6. The molecule has 1 aliphatic rings. The topological polar surface area (TPSA) is 145 Å². The minimum atomic E-state index is -0.923. The molecule has 0 amide bonds. The van der Waals surface area contributed by atoms with Crippen molar-refractivity contribution in [3.63, 3.8) is 0 Å². The highest BCUT2D eigenvalue weighted by atomic mass is 16.5. The number of imidazole rings is 1. The highest BCUT2D eigenvalue weighted by Gasteiger charge is 2.36. The Labute approximate surface area is 107 Å². The maximum Gasteiger partial charge on any atom is 0.199 e. The molecular formula is C10H12N6O3. The number of aromatic nitrogens is 4. The maximum absolute atomic E-state index is 9.89. The Balaban J connectivity index is 2.10. The number of nitrogen functional groups attached to an aromatic ring is 1. The Morgan fingerprint density at radius 2 is 2.05 bits per heavy atom. The van der Waals surface area contributed by atoms with E-state index in [1.54, 1.807) is 0 Å². The van der Waals surface area contributed by atoms with Gasteiger partial charge in [0.2, 0.25) is 0 Å². The van der Waals surface area contributed by atoms with Crippen LogP contribution in [-0.4, -0.2) is 42.4 Å². The van der Waals surface area contributed by atoms with Crippen LogP contribution in [-0.2, 0) is 4.74 Å². The second kappa shape index (κ2) is 4.07. The van der Waals surface area contributed by atoms with Gasteiger partial charge in [-0.25, -0.2) is 15.0 Å². The summed E-state index contributed by atoms with van der Waals surface area (Å²) >= 11 is 0. The molecule has 9 heteroatoms. The average Bonchev–Trinajstić information content (AvgIpc) is 2.94. The smallest absolute Gasteiger partial charge is 0.199 e. The molecule has 6 N–H and O–H groups in total. The third-order valence-corrected chi connectivity index (χ3v) is 2.95. The monoisotopic (exact) mass is 264 g/mol. The number of aliphatic hydroxyl groups is 2. The Bertz CT molecular complexity index is 666. The molecule has 2 aromatic heterocycles. The fraction of sp³-hybridized carbons (Fsp3) is 0.300. The van der Waals surface area contributed by atoms with E-state index >= 15 is 0 Å². The number of rotatable bonds is 2. The summed E-state index contributed by atoms with van der Waals surface area (Å²) in [6, 6.07) is 0. The van der Waals surface area contributed by atoms with Crippen molar-refractivity contribution in [2.24, 2.45) is 5.73 Å². The van der Waals surface area contributed by atoms with Crippen molar-refractivity contribution in [1.29, 1.82) is 0 Å². The van der Waals surface area contributed by atoms with Crippen molar-refractivity contribution in [2.75, 3.05) is 12.3 Å². The van der Waals surface area contributed by atoms with Gasteiger partial charge in [0, 0.05) is 6.54 Å². The van der Waals surface area contributed by atoms with E-state index in [0.29, 0.717) is 11.2 Å². The molecule has 0 unspecified atom stereocenters. The van der Waals surface area contributed by atoms with E-state index in [-0.39, 0.29) is 23.9 Å². The van der Waals surface area contributed by atoms with Gasteiger partial charge in [-0.15, -0.1) is 0 Å². The normalized spacial score (nSPS) is 23.4. The molecular weight excluding hydrogens is 252 g/mol. The number of anilines is 1. The molecule has 3 rings (SSSR count). The molecule has 0 spiro atoms. The van der Waals surface area contributed by atoms with Gasteiger partial charge in [-0.1, -0.05) is 0 Å². The first-order valence-electron chi connectivity index (χ1n) is 5.54. The van der Waals surface area contributed by atoms with Crippen molar-refractivity contribution in [3.8, 4) is 0 Å². The largest absolute Gasteiger partial charge is 0.506 e. The van der Waals surface area contributed by atoms with E-state index in [4.69, 9.17) is 16.2 Å². The number of ether oxygens (including phenoxy) is 1. The fourth-order valence-electron chi connectivity index (χ4n) is 1.98. The number of aliphatic hydroxyl groups excluding tert-OH is 2. The summed E-state index contributed by atoms with van der Waals surface area (Å²) in [4.78, 5) is 11.9. The van der Waals surface area contributed by atoms with Gasteiger partial charge >= 0.3 is 0 Å². The Morgan fingerprint density at radius 3 is 2.74 bits per heavy atom. The van der Waals surface area contributed by atoms with Crippen LogP contribution in [0.4, 0.5) is 5.82 Å². The van der Waals surface area contributed by atoms with Crippen LogP contribution in [0.5, 0.6) is 0 Å². The third kappa shape index (κ3) is 1.59. The van der Waals surface area contributed by atoms with Crippen LogP contribution >= 0.6 is 0 Å². The molecule has 0 bridgehead atoms. The zero-order valence-electron chi connectivity index (χ0n) is 9.76. The highest BCUT2D eigenvalue weighted by molar-refractivity contribution is 5.81. The van der Waals surface area contributed by atoms with Gasteiger partial charge in [0.1, 0.15) is 17.9 Å². The molecule has 1 aliphatic heterocycles. The van der Waals surface area contributed by atoms with E-state index in [0.717, 1.165) is 0 Å². The van der Waals surface area contributed by atoms with Crippen LogP contribution in [0.2, 0.25) is 0 Å². The summed E-state index contributed by atoms with van der Waals surface area (Å²) in [5.74, 6) is -0.367. The van der Waals surface area contributed by atoms with Gasteiger partial charge in [0.15, 0.2) is 29.2 Å². The van der Waals surface area contributed by atoms with Crippen molar-refractivity contribution < 1.29 is 14.9 Å². The molecule has 19 heavy (non-hydrogen) atoms. The molecule has 0 aliphatic carbocycles. The summed E-state index contributed by atoms with van der Waals surface area (Å²) in [7, 11) is 0. The quantitative estimate of drug-likeness (QED) is 0.572. The number of hydrogen-bond acceptors (Lipinski definition) is 8. The highest BCUT2D eigenvalue weighted by Crippen LogP contribution is 2.33. The van der Waals surface area contributed by atoms with Crippen molar-refractivity contribution >= 4 is 17.0 Å². The first kappa shape index (κ1) is 11.7. The third-order valence-electron chi connectivity index (χ3n) is 2.95. The van der Waals surface area contributed by atoms with Crippen LogP contribution in [0.25, 0.3) is 11.2 Å². The van der Waals surface area contributed by atoms with Crippen LogP contribution in [0, 0.1) is 0 Å². The number of nitrogens with two attached hydrogens (primary N) is 2. The summed E-state index contributed by atoms with van der Waals surface area (Å²) in [6.07, 6.45) is 1.02. The van der Waals surface area contributed by atoms with Crippen LogP contribution in [0.15, 0.2) is 24.2 Å². The molecule has 0 saturated heterocycles. The van der Waals surface area contributed by atoms with Gasteiger partial charge in [0.05, 0.1) is 6.33 Å². The lowest BCUT2D eigenvalue weighted by atomic mass is 10.3. The molecule has 2 atom stereocenters. The summed E-state index contributed by atoms with van der Waals surface area (Å²) in [5.41, 5.74) is 11.9. The molecule has 0 saturated carbocycles. The van der Waals surface area contributed by atoms with Gasteiger partial charge < -0.3 is 26.4 Å². The summed E-state index contributed by atoms with van der Waals surface area (Å²) < 4.78 is 6.90. The van der Waals surface area contributed by atoms with Gasteiger partial charge in [0.25, 0.3) is 0 Å². The predicted molar refractivity (Wildman–Crippen MR) is 65.0 cm³/mol. The molecule has 100 valence electrons. The van der Waals surface area contributed by atoms with Crippen molar-refractivity contribution in [1.82, 2.24) is 19.5 Å². The zero-order valence-corrected chi connectivity index (χ0v) is 9.76. The Kier molecular flexibility index (Phi) is 2.50.